The van der Waals surface area contributed by atoms with Gasteiger partial charge in [-0.15, -0.1) is 0 Å². The molecule has 82 valence electrons. The van der Waals surface area contributed by atoms with E-state index >= 15 is 0 Å². The minimum absolute atomic E-state index is 0.130. The lowest BCUT2D eigenvalue weighted by molar-refractivity contribution is -0.143. The molecule has 6 nitrogen and oxygen atoms in total. The Labute approximate surface area is 88.6 Å². The summed E-state index contributed by atoms with van der Waals surface area (Å²) >= 11 is 0. The minimum Gasteiger partial charge on any atom is -0.368 e. The molecule has 0 radical (unpaired) electrons. The minimum atomic E-state index is -1.32. The van der Waals surface area contributed by atoms with Crippen LogP contribution in [0.2, 0.25) is 0 Å². The molecule has 2 unspecified atom stereocenters. The Bertz CT molecular complexity index is 359. The van der Waals surface area contributed by atoms with Crippen molar-refractivity contribution in [3.05, 3.63) is 12.2 Å². The normalized spacial score (nSPS) is 19.4. The Morgan fingerprint density at radius 3 is 2.27 bits per heavy atom. The molecule has 1 aliphatic heterocycles. The largest absolute Gasteiger partial charge is 0.368 e. The zero-order chi connectivity index (χ0) is 11.6. The molecule has 0 aromatic heterocycles. The molecule has 7 heteroatoms. The summed E-state index contributed by atoms with van der Waals surface area (Å²) in [5, 5.41) is 0. The van der Waals surface area contributed by atoms with Crippen LogP contribution in [0, 0.1) is 0 Å². The number of hydrogen-bond donors (Lipinski definition) is 1. The van der Waals surface area contributed by atoms with Crippen LogP contribution in [-0.2, 0) is 25.2 Å². The molecule has 1 aliphatic rings. The number of imide groups is 1. The molecule has 0 aromatic carbocycles. The average Bonchev–Trinajstić information content (AvgIpc) is 2.42. The molecular formula is C8H10N2O4S. The van der Waals surface area contributed by atoms with E-state index in [1.165, 1.54) is 6.26 Å². The topological polar surface area (TPSA) is 97.5 Å². The Morgan fingerprint density at radius 2 is 1.93 bits per heavy atom. The molecule has 0 fully saturated rings. The maximum absolute atomic E-state index is 11.2. The van der Waals surface area contributed by atoms with Crippen LogP contribution in [0.4, 0.5) is 0 Å². The van der Waals surface area contributed by atoms with Crippen LogP contribution in [-0.4, -0.2) is 44.9 Å². The third-order valence-corrected chi connectivity index (χ3v) is 2.66. The van der Waals surface area contributed by atoms with Crippen LogP contribution in [0.5, 0.6) is 0 Å². The second-order valence-electron chi connectivity index (χ2n) is 3.04. The molecule has 0 spiro atoms. The first kappa shape index (κ1) is 11.6. The highest BCUT2D eigenvalue weighted by atomic mass is 32.2. The second kappa shape index (κ2) is 4.35. The van der Waals surface area contributed by atoms with Crippen LogP contribution in [0.3, 0.4) is 0 Å². The van der Waals surface area contributed by atoms with Crippen molar-refractivity contribution in [3.63, 3.8) is 0 Å². The first-order valence-corrected chi connectivity index (χ1v) is 5.80. The summed E-state index contributed by atoms with van der Waals surface area (Å²) in [6, 6.07) is -1.13. The van der Waals surface area contributed by atoms with Gasteiger partial charge in [0.25, 0.3) is 11.8 Å². The molecule has 15 heavy (non-hydrogen) atoms. The lowest BCUT2D eigenvalue weighted by Crippen LogP contribution is -2.50. The molecule has 0 saturated heterocycles. The maximum atomic E-state index is 11.2. The molecule has 2 atom stereocenters. The van der Waals surface area contributed by atoms with E-state index in [0.717, 1.165) is 17.1 Å². The summed E-state index contributed by atoms with van der Waals surface area (Å²) in [4.78, 5) is 34.2. The Kier molecular flexibility index (Phi) is 3.35. The lowest BCUT2D eigenvalue weighted by Gasteiger charge is -2.22. The molecule has 0 aliphatic carbocycles. The highest BCUT2D eigenvalue weighted by Crippen LogP contribution is 2.09. The number of carbonyl (C=O) groups is 3. The van der Waals surface area contributed by atoms with Gasteiger partial charge in [-0.05, 0) is 0 Å². The summed E-state index contributed by atoms with van der Waals surface area (Å²) in [5.74, 6) is -2.17. The number of nitrogens with two attached hydrogens (primary N) is 1. The summed E-state index contributed by atoms with van der Waals surface area (Å²) in [6.07, 6.45) is 3.47. The van der Waals surface area contributed by atoms with Gasteiger partial charge >= 0.3 is 0 Å². The highest BCUT2D eigenvalue weighted by Gasteiger charge is 2.35. The van der Waals surface area contributed by atoms with Crippen LogP contribution in [0.25, 0.3) is 0 Å². The molecular weight excluding hydrogens is 220 g/mol. The zero-order valence-electron chi connectivity index (χ0n) is 8.00. The van der Waals surface area contributed by atoms with Crippen molar-refractivity contribution in [2.24, 2.45) is 5.73 Å². The van der Waals surface area contributed by atoms with E-state index in [2.05, 4.69) is 0 Å². The molecule has 0 saturated carbocycles. The van der Waals surface area contributed by atoms with Gasteiger partial charge < -0.3 is 5.73 Å². The third-order valence-electron chi connectivity index (χ3n) is 1.88. The standard InChI is InChI=1S/C8H10N2O4S/c1-15(14)4-5(8(9)13)10-6(11)2-3-7(10)12/h2-3,5H,4H2,1H3,(H2,9,13). The Morgan fingerprint density at radius 1 is 1.47 bits per heavy atom. The molecule has 0 bridgehead atoms. The van der Waals surface area contributed by atoms with Gasteiger partial charge in [0.2, 0.25) is 5.91 Å². The number of amides is 3. The lowest BCUT2D eigenvalue weighted by atomic mass is 10.3. The van der Waals surface area contributed by atoms with Gasteiger partial charge in [0.05, 0.1) is 5.75 Å². The van der Waals surface area contributed by atoms with Crippen molar-refractivity contribution in [1.29, 1.82) is 0 Å². The monoisotopic (exact) mass is 230 g/mol. The van der Waals surface area contributed by atoms with E-state index in [0.29, 0.717) is 0 Å². The maximum Gasteiger partial charge on any atom is 0.254 e. The number of carbonyl (C=O) groups excluding carboxylic acids is 3. The Balaban J connectivity index is 2.90. The number of rotatable bonds is 4. The fourth-order valence-corrected chi connectivity index (χ4v) is 1.98. The van der Waals surface area contributed by atoms with Crippen molar-refractivity contribution in [1.82, 2.24) is 4.90 Å². The van der Waals surface area contributed by atoms with Gasteiger partial charge in [-0.3, -0.25) is 23.5 Å². The van der Waals surface area contributed by atoms with E-state index in [1.807, 2.05) is 0 Å². The first-order valence-electron chi connectivity index (χ1n) is 4.08. The van der Waals surface area contributed by atoms with Crippen molar-refractivity contribution >= 4 is 28.5 Å². The fraction of sp³-hybridized carbons (Fsp3) is 0.375. The molecule has 1 heterocycles. The third kappa shape index (κ3) is 2.50. The molecule has 2 N–H and O–H groups in total. The average molecular weight is 230 g/mol. The van der Waals surface area contributed by atoms with E-state index < -0.39 is 34.6 Å². The number of nitrogens with zero attached hydrogens (tertiary/aromatic N) is 1. The zero-order valence-corrected chi connectivity index (χ0v) is 8.82. The first-order chi connectivity index (χ1) is 6.93. The van der Waals surface area contributed by atoms with Gasteiger partial charge in [0.15, 0.2) is 0 Å². The summed E-state index contributed by atoms with van der Waals surface area (Å²) in [7, 11) is -1.32. The van der Waals surface area contributed by atoms with Gasteiger partial charge in [0.1, 0.15) is 6.04 Å². The second-order valence-corrected chi connectivity index (χ2v) is 4.52. The highest BCUT2D eigenvalue weighted by molar-refractivity contribution is 7.84. The van der Waals surface area contributed by atoms with Crippen molar-refractivity contribution in [2.75, 3.05) is 12.0 Å². The molecule has 0 aromatic rings. The Hall–Kier alpha value is -1.50. The van der Waals surface area contributed by atoms with E-state index in [4.69, 9.17) is 5.73 Å². The van der Waals surface area contributed by atoms with E-state index in [9.17, 15) is 18.6 Å². The van der Waals surface area contributed by atoms with Crippen molar-refractivity contribution in [3.8, 4) is 0 Å². The predicted octanol–water partition coefficient (Wildman–Crippen LogP) is -1.86. The quantitative estimate of drug-likeness (QED) is 0.573. The number of hydrogen-bond acceptors (Lipinski definition) is 4. The molecule has 3 amide bonds. The van der Waals surface area contributed by atoms with Gasteiger partial charge in [-0.2, -0.15) is 0 Å². The van der Waals surface area contributed by atoms with Crippen LogP contribution in [0.1, 0.15) is 0 Å². The summed E-state index contributed by atoms with van der Waals surface area (Å²) in [6.45, 7) is 0. The molecule has 1 rings (SSSR count). The van der Waals surface area contributed by atoms with Crippen molar-refractivity contribution in [2.45, 2.75) is 6.04 Å². The van der Waals surface area contributed by atoms with Crippen LogP contribution in [0.15, 0.2) is 12.2 Å². The van der Waals surface area contributed by atoms with E-state index in [-0.39, 0.29) is 5.75 Å². The van der Waals surface area contributed by atoms with Crippen molar-refractivity contribution < 1.29 is 18.6 Å². The SMILES string of the molecule is CS(=O)CC(C(N)=O)N1C(=O)C=CC1=O. The number of primary amides is 1. The summed E-state index contributed by atoms with van der Waals surface area (Å²) < 4.78 is 11.0. The van der Waals surface area contributed by atoms with Gasteiger partial charge in [-0.25, -0.2) is 0 Å². The fourth-order valence-electron chi connectivity index (χ4n) is 1.23. The van der Waals surface area contributed by atoms with Gasteiger partial charge in [-0.1, -0.05) is 0 Å². The van der Waals surface area contributed by atoms with Crippen LogP contribution < -0.4 is 5.73 Å². The van der Waals surface area contributed by atoms with Gasteiger partial charge in [0, 0.05) is 29.2 Å². The van der Waals surface area contributed by atoms with Crippen LogP contribution >= 0.6 is 0 Å². The smallest absolute Gasteiger partial charge is 0.254 e. The summed E-state index contributed by atoms with van der Waals surface area (Å²) in [5.41, 5.74) is 5.04. The predicted molar refractivity (Wildman–Crippen MR) is 52.9 cm³/mol. The van der Waals surface area contributed by atoms with E-state index in [1.54, 1.807) is 0 Å².